The number of methoxy groups -OCH3 is 1. The molecule has 6 nitrogen and oxygen atoms in total. The van der Waals surface area contributed by atoms with Gasteiger partial charge in [-0.1, -0.05) is 11.2 Å². The third-order valence-electron chi connectivity index (χ3n) is 3.93. The van der Waals surface area contributed by atoms with Gasteiger partial charge in [-0.05, 0) is 24.1 Å². The van der Waals surface area contributed by atoms with Gasteiger partial charge < -0.3 is 19.3 Å². The smallest absolute Gasteiger partial charge is 0.276 e. The highest BCUT2D eigenvalue weighted by Gasteiger charge is 2.37. The normalized spacial score (nSPS) is 20.6. The summed E-state index contributed by atoms with van der Waals surface area (Å²) >= 11 is 0. The van der Waals surface area contributed by atoms with Crippen molar-refractivity contribution in [3.63, 3.8) is 0 Å². The number of nitrogens with zero attached hydrogens (tertiary/aromatic N) is 2. The van der Waals surface area contributed by atoms with E-state index in [0.29, 0.717) is 11.3 Å². The first-order chi connectivity index (χ1) is 11.5. The van der Waals surface area contributed by atoms with Crippen molar-refractivity contribution in [2.24, 2.45) is 0 Å². The Kier molecular flexibility index (Phi) is 4.59. The van der Waals surface area contributed by atoms with Crippen LogP contribution >= 0.6 is 0 Å². The number of likely N-dealkylation sites (tertiary alicyclic amines) is 1. The Labute approximate surface area is 136 Å². The van der Waals surface area contributed by atoms with Gasteiger partial charge in [-0.15, -0.1) is 0 Å². The quantitative estimate of drug-likeness (QED) is 0.923. The van der Waals surface area contributed by atoms with E-state index in [2.05, 4.69) is 5.16 Å². The molecule has 1 amide bonds. The molecule has 0 saturated carbocycles. The van der Waals surface area contributed by atoms with Crippen LogP contribution in [-0.2, 0) is 11.3 Å². The standard InChI is InChI=1S/C16H16F2N2O4/c1-23-8-11-6-14(19-24-11)16(22)20-7-10(21)5-15(20)9-2-3-12(17)13(18)4-9/h2-4,6,10,15,21H,5,7-8H2,1H3/t10-,15+/m1/s1. The molecule has 8 heteroatoms. The molecule has 1 aromatic heterocycles. The highest BCUT2D eigenvalue weighted by atomic mass is 19.2. The van der Waals surface area contributed by atoms with Crippen molar-refractivity contribution in [3.05, 3.63) is 52.9 Å². The molecule has 1 aliphatic rings. The van der Waals surface area contributed by atoms with Crippen LogP contribution in [0.1, 0.15) is 34.3 Å². The summed E-state index contributed by atoms with van der Waals surface area (Å²) in [5, 5.41) is 13.6. The predicted octanol–water partition coefficient (Wildman–Crippen LogP) is 2.05. The molecule has 0 aliphatic carbocycles. The SMILES string of the molecule is COCc1cc(C(=O)N2C[C@H](O)C[C@H]2c2ccc(F)c(F)c2)no1. The van der Waals surface area contributed by atoms with Crippen LogP contribution in [-0.4, -0.2) is 40.8 Å². The number of ether oxygens (including phenoxy) is 1. The van der Waals surface area contributed by atoms with Crippen molar-refractivity contribution in [3.8, 4) is 0 Å². The van der Waals surface area contributed by atoms with Gasteiger partial charge in [-0.2, -0.15) is 0 Å². The van der Waals surface area contributed by atoms with Crippen LogP contribution < -0.4 is 0 Å². The molecule has 1 saturated heterocycles. The number of hydrogen-bond acceptors (Lipinski definition) is 5. The van der Waals surface area contributed by atoms with Gasteiger partial charge in [0.1, 0.15) is 6.61 Å². The van der Waals surface area contributed by atoms with Gasteiger partial charge in [-0.3, -0.25) is 4.79 Å². The van der Waals surface area contributed by atoms with Crippen LogP contribution in [0.4, 0.5) is 8.78 Å². The van der Waals surface area contributed by atoms with Crippen molar-refractivity contribution in [1.29, 1.82) is 0 Å². The highest BCUT2D eigenvalue weighted by Crippen LogP contribution is 2.34. The van der Waals surface area contributed by atoms with E-state index in [0.717, 1.165) is 12.1 Å². The van der Waals surface area contributed by atoms with Crippen molar-refractivity contribution in [2.45, 2.75) is 25.2 Å². The van der Waals surface area contributed by atoms with Gasteiger partial charge in [0.25, 0.3) is 5.91 Å². The summed E-state index contributed by atoms with van der Waals surface area (Å²) in [5.41, 5.74) is 0.489. The van der Waals surface area contributed by atoms with Gasteiger partial charge in [0, 0.05) is 19.7 Å². The summed E-state index contributed by atoms with van der Waals surface area (Å²) in [4.78, 5) is 14.0. The molecule has 1 N–H and O–H groups in total. The Morgan fingerprint density at radius 3 is 2.92 bits per heavy atom. The first kappa shape index (κ1) is 16.5. The molecule has 2 aromatic rings. The molecule has 2 atom stereocenters. The molecule has 24 heavy (non-hydrogen) atoms. The number of hydrogen-bond donors (Lipinski definition) is 1. The van der Waals surface area contributed by atoms with Crippen LogP contribution in [0, 0.1) is 11.6 Å². The first-order valence-electron chi connectivity index (χ1n) is 7.38. The number of aliphatic hydroxyl groups excluding tert-OH is 1. The molecular formula is C16H16F2N2O4. The minimum atomic E-state index is -0.995. The number of halogens is 2. The van der Waals surface area contributed by atoms with E-state index in [9.17, 15) is 18.7 Å². The lowest BCUT2D eigenvalue weighted by molar-refractivity contribution is 0.0704. The van der Waals surface area contributed by atoms with E-state index in [4.69, 9.17) is 9.26 Å². The highest BCUT2D eigenvalue weighted by molar-refractivity contribution is 5.92. The van der Waals surface area contributed by atoms with Crippen molar-refractivity contribution in [2.75, 3.05) is 13.7 Å². The van der Waals surface area contributed by atoms with Crippen LogP contribution in [0.5, 0.6) is 0 Å². The minimum Gasteiger partial charge on any atom is -0.391 e. The zero-order chi connectivity index (χ0) is 17.3. The molecular weight excluding hydrogens is 322 g/mol. The average Bonchev–Trinajstić information content (AvgIpc) is 3.16. The topological polar surface area (TPSA) is 75.8 Å². The van der Waals surface area contributed by atoms with E-state index in [1.54, 1.807) is 0 Å². The van der Waals surface area contributed by atoms with E-state index < -0.39 is 29.7 Å². The second kappa shape index (κ2) is 6.66. The molecule has 1 fully saturated rings. The fourth-order valence-corrected chi connectivity index (χ4v) is 2.85. The molecule has 0 bridgehead atoms. The van der Waals surface area contributed by atoms with Crippen molar-refractivity contribution < 1.29 is 27.9 Å². The van der Waals surface area contributed by atoms with Gasteiger partial charge in [0.2, 0.25) is 0 Å². The van der Waals surface area contributed by atoms with Gasteiger partial charge in [-0.25, -0.2) is 8.78 Å². The summed E-state index contributed by atoms with van der Waals surface area (Å²) in [6, 6.07) is 4.34. The number of aromatic nitrogens is 1. The fourth-order valence-electron chi connectivity index (χ4n) is 2.85. The maximum Gasteiger partial charge on any atom is 0.276 e. The molecule has 3 rings (SSSR count). The van der Waals surface area contributed by atoms with E-state index in [-0.39, 0.29) is 25.3 Å². The predicted molar refractivity (Wildman–Crippen MR) is 78.0 cm³/mol. The number of β-amino-alcohol motifs (C(OH)–C–C–N with tert-alkyl or cyclic N) is 1. The molecule has 0 unspecified atom stereocenters. The van der Waals surface area contributed by atoms with Crippen LogP contribution in [0.15, 0.2) is 28.8 Å². The molecule has 1 aromatic carbocycles. The zero-order valence-electron chi connectivity index (χ0n) is 12.9. The van der Waals surface area contributed by atoms with Gasteiger partial charge in [0.05, 0.1) is 12.1 Å². The second-order valence-corrected chi connectivity index (χ2v) is 5.65. The molecule has 0 spiro atoms. The first-order valence-corrected chi connectivity index (χ1v) is 7.38. The van der Waals surface area contributed by atoms with Gasteiger partial charge >= 0.3 is 0 Å². The molecule has 0 radical (unpaired) electrons. The lowest BCUT2D eigenvalue weighted by Crippen LogP contribution is -2.32. The molecule has 2 heterocycles. The Morgan fingerprint density at radius 1 is 1.42 bits per heavy atom. The second-order valence-electron chi connectivity index (χ2n) is 5.65. The van der Waals surface area contributed by atoms with Crippen LogP contribution in [0.25, 0.3) is 0 Å². The molecule has 1 aliphatic heterocycles. The summed E-state index contributed by atoms with van der Waals surface area (Å²) in [7, 11) is 1.49. The zero-order valence-corrected chi connectivity index (χ0v) is 12.9. The largest absolute Gasteiger partial charge is 0.391 e. The number of aliphatic hydroxyl groups is 1. The number of carbonyl (C=O) groups is 1. The number of amides is 1. The van der Waals surface area contributed by atoms with Crippen LogP contribution in [0.3, 0.4) is 0 Å². The summed E-state index contributed by atoms with van der Waals surface area (Å²) in [6.07, 6.45) is -0.517. The Morgan fingerprint density at radius 2 is 2.21 bits per heavy atom. The Balaban J connectivity index is 1.86. The van der Waals surface area contributed by atoms with E-state index >= 15 is 0 Å². The average molecular weight is 338 g/mol. The maximum atomic E-state index is 13.5. The molecule has 128 valence electrons. The lowest BCUT2D eigenvalue weighted by atomic mass is 10.0. The van der Waals surface area contributed by atoms with E-state index in [1.165, 1.54) is 24.1 Å². The number of carbonyl (C=O) groups excluding carboxylic acids is 1. The lowest BCUT2D eigenvalue weighted by Gasteiger charge is -2.23. The van der Waals surface area contributed by atoms with Gasteiger partial charge in [0.15, 0.2) is 23.1 Å². The van der Waals surface area contributed by atoms with Crippen molar-refractivity contribution >= 4 is 5.91 Å². The third-order valence-corrected chi connectivity index (χ3v) is 3.93. The number of benzene rings is 1. The minimum absolute atomic E-state index is 0.0729. The van der Waals surface area contributed by atoms with E-state index in [1.807, 2.05) is 0 Å². The summed E-state index contributed by atoms with van der Waals surface area (Å²) < 4.78 is 36.5. The summed E-state index contributed by atoms with van der Waals surface area (Å²) in [6.45, 7) is 0.254. The number of rotatable bonds is 4. The Hall–Kier alpha value is -2.32. The maximum absolute atomic E-state index is 13.5. The third kappa shape index (κ3) is 3.15. The van der Waals surface area contributed by atoms with Crippen LogP contribution in [0.2, 0.25) is 0 Å². The Bertz CT molecular complexity index is 749. The summed E-state index contributed by atoms with van der Waals surface area (Å²) in [5.74, 6) is -2.02. The fraction of sp³-hybridized carbons (Fsp3) is 0.375. The van der Waals surface area contributed by atoms with Crippen molar-refractivity contribution in [1.82, 2.24) is 10.1 Å². The monoisotopic (exact) mass is 338 g/mol.